The third-order valence-electron chi connectivity index (χ3n) is 10.6. The fraction of sp³-hybridized carbons (Fsp3) is 0.857. The third kappa shape index (κ3) is 3.54. The summed E-state index contributed by atoms with van der Waals surface area (Å²) in [4.78, 5) is 0. The molecular formula is C28H46O2. The van der Waals surface area contributed by atoms with E-state index in [9.17, 15) is 10.2 Å². The van der Waals surface area contributed by atoms with Crippen LogP contribution < -0.4 is 0 Å². The average Bonchev–Trinajstić information content (AvgIpc) is 3.08. The summed E-state index contributed by atoms with van der Waals surface area (Å²) in [7, 11) is 0. The van der Waals surface area contributed by atoms with Crippen LogP contribution in [0.3, 0.4) is 0 Å². The summed E-state index contributed by atoms with van der Waals surface area (Å²) in [6.07, 6.45) is 13.9. The van der Waals surface area contributed by atoms with E-state index in [0.717, 1.165) is 42.9 Å². The molecule has 2 nitrogen and oxygen atoms in total. The molecule has 2 heteroatoms. The molecule has 0 spiro atoms. The Bertz CT molecular complexity index is 678. The van der Waals surface area contributed by atoms with Crippen molar-refractivity contribution in [2.45, 2.75) is 98.0 Å². The molecule has 0 bridgehead atoms. The molecular weight excluding hydrogens is 368 g/mol. The second kappa shape index (κ2) is 8.39. The van der Waals surface area contributed by atoms with Gasteiger partial charge in [0.25, 0.3) is 0 Å². The molecule has 0 unspecified atom stereocenters. The second-order valence-corrected chi connectivity index (χ2v) is 12.1. The largest absolute Gasteiger partial charge is 0.395 e. The molecule has 170 valence electrons. The van der Waals surface area contributed by atoms with Crippen LogP contribution in [0.4, 0.5) is 0 Å². The van der Waals surface area contributed by atoms with E-state index in [2.05, 4.69) is 40.3 Å². The van der Waals surface area contributed by atoms with E-state index in [1.807, 2.05) is 0 Å². The standard InChI is InChI=1S/C28H46O2/c1-18(2)19(3)6-7-20(4)24-10-11-25-23-9-8-21-16-22(30)12-15-28(21,17-29)26(23)13-14-27(24,25)5/h8,18,20,22-26,29-30H,3,6-7,9-17H2,1-2,4-5H3/t20-,22+,23+,24-,25+,26-,27-,28-/m1/s1. The molecule has 0 amide bonds. The van der Waals surface area contributed by atoms with Crippen LogP contribution in [0.25, 0.3) is 0 Å². The molecule has 3 fully saturated rings. The van der Waals surface area contributed by atoms with Crippen molar-refractivity contribution in [3.05, 3.63) is 23.8 Å². The molecule has 4 aliphatic carbocycles. The highest BCUT2D eigenvalue weighted by atomic mass is 16.3. The molecule has 0 heterocycles. The monoisotopic (exact) mass is 414 g/mol. The van der Waals surface area contributed by atoms with E-state index in [1.54, 1.807) is 0 Å². The number of fused-ring (bicyclic) bond motifs is 5. The summed E-state index contributed by atoms with van der Waals surface area (Å²) in [5.41, 5.74) is 3.25. The third-order valence-corrected chi connectivity index (χ3v) is 10.6. The van der Waals surface area contributed by atoms with Crippen molar-refractivity contribution in [3.8, 4) is 0 Å². The first kappa shape index (κ1) is 22.6. The molecule has 30 heavy (non-hydrogen) atoms. The van der Waals surface area contributed by atoms with Gasteiger partial charge in [0.05, 0.1) is 12.7 Å². The summed E-state index contributed by atoms with van der Waals surface area (Å²) in [5.74, 6) is 4.39. The van der Waals surface area contributed by atoms with Crippen LogP contribution >= 0.6 is 0 Å². The molecule has 0 aliphatic heterocycles. The maximum absolute atomic E-state index is 10.6. The highest BCUT2D eigenvalue weighted by Crippen LogP contribution is 2.67. The fourth-order valence-corrected chi connectivity index (χ4v) is 8.61. The van der Waals surface area contributed by atoms with Gasteiger partial charge in [-0.25, -0.2) is 0 Å². The molecule has 8 atom stereocenters. The van der Waals surface area contributed by atoms with Crippen molar-refractivity contribution in [2.75, 3.05) is 6.61 Å². The van der Waals surface area contributed by atoms with E-state index in [0.29, 0.717) is 17.3 Å². The smallest absolute Gasteiger partial charge is 0.0577 e. The summed E-state index contributed by atoms with van der Waals surface area (Å²) in [6, 6.07) is 0. The normalized spacial score (nSPS) is 44.1. The molecule has 0 aromatic rings. The summed E-state index contributed by atoms with van der Waals surface area (Å²) >= 11 is 0. The Kier molecular flexibility index (Phi) is 6.32. The number of aliphatic hydroxyl groups is 2. The lowest BCUT2D eigenvalue weighted by Gasteiger charge is -2.59. The van der Waals surface area contributed by atoms with Gasteiger partial charge < -0.3 is 10.2 Å². The molecule has 0 radical (unpaired) electrons. The Morgan fingerprint density at radius 2 is 1.90 bits per heavy atom. The molecule has 3 saturated carbocycles. The zero-order chi connectivity index (χ0) is 21.7. The topological polar surface area (TPSA) is 40.5 Å². The van der Waals surface area contributed by atoms with E-state index < -0.39 is 0 Å². The number of rotatable bonds is 6. The van der Waals surface area contributed by atoms with Gasteiger partial charge in [0.2, 0.25) is 0 Å². The zero-order valence-corrected chi connectivity index (χ0v) is 20.0. The first-order valence-corrected chi connectivity index (χ1v) is 12.9. The maximum atomic E-state index is 10.6. The molecule has 0 aromatic heterocycles. The SMILES string of the molecule is C=C(CC[C@@H](C)[C@H]1CC[C@H]2[C@@H]3CC=C4C[C@@H](O)CC[C@]4(CO)[C@@H]3CC[C@]12C)C(C)C. The number of hydrogen-bond acceptors (Lipinski definition) is 2. The van der Waals surface area contributed by atoms with Gasteiger partial charge in [-0.2, -0.15) is 0 Å². The highest BCUT2D eigenvalue weighted by Gasteiger charge is 2.60. The molecule has 4 rings (SSSR count). The Morgan fingerprint density at radius 3 is 2.60 bits per heavy atom. The molecule has 4 aliphatic rings. The van der Waals surface area contributed by atoms with Gasteiger partial charge in [-0.1, -0.05) is 51.5 Å². The Hall–Kier alpha value is -0.600. The van der Waals surface area contributed by atoms with Gasteiger partial charge in [0.15, 0.2) is 0 Å². The van der Waals surface area contributed by atoms with Crippen LogP contribution in [-0.4, -0.2) is 22.9 Å². The number of aliphatic hydroxyl groups excluding tert-OH is 2. The maximum Gasteiger partial charge on any atom is 0.0577 e. The van der Waals surface area contributed by atoms with Crippen molar-refractivity contribution in [3.63, 3.8) is 0 Å². The Balaban J connectivity index is 1.52. The first-order chi connectivity index (χ1) is 14.2. The minimum absolute atomic E-state index is 0.0256. The Morgan fingerprint density at radius 1 is 1.13 bits per heavy atom. The van der Waals surface area contributed by atoms with E-state index in [4.69, 9.17) is 0 Å². The van der Waals surface area contributed by atoms with Crippen molar-refractivity contribution in [1.82, 2.24) is 0 Å². The van der Waals surface area contributed by atoms with Crippen molar-refractivity contribution in [1.29, 1.82) is 0 Å². The van der Waals surface area contributed by atoms with Crippen LogP contribution in [0.5, 0.6) is 0 Å². The summed E-state index contributed by atoms with van der Waals surface area (Å²) in [6.45, 7) is 14.3. The highest BCUT2D eigenvalue weighted by molar-refractivity contribution is 5.26. The fourth-order valence-electron chi connectivity index (χ4n) is 8.61. The molecule has 0 saturated heterocycles. The van der Waals surface area contributed by atoms with Crippen LogP contribution in [0.2, 0.25) is 0 Å². The van der Waals surface area contributed by atoms with Crippen molar-refractivity contribution < 1.29 is 10.2 Å². The van der Waals surface area contributed by atoms with Crippen LogP contribution in [0, 0.1) is 46.3 Å². The summed E-state index contributed by atoms with van der Waals surface area (Å²) < 4.78 is 0. The zero-order valence-electron chi connectivity index (χ0n) is 20.0. The average molecular weight is 415 g/mol. The quantitative estimate of drug-likeness (QED) is 0.485. The lowest BCUT2D eigenvalue weighted by Crippen LogP contribution is -2.53. The van der Waals surface area contributed by atoms with E-state index >= 15 is 0 Å². The van der Waals surface area contributed by atoms with Gasteiger partial charge >= 0.3 is 0 Å². The van der Waals surface area contributed by atoms with Gasteiger partial charge in [0, 0.05) is 5.41 Å². The first-order valence-electron chi connectivity index (χ1n) is 12.9. The van der Waals surface area contributed by atoms with Gasteiger partial charge in [-0.3, -0.25) is 0 Å². The van der Waals surface area contributed by atoms with Gasteiger partial charge in [0.1, 0.15) is 0 Å². The second-order valence-electron chi connectivity index (χ2n) is 12.1. The van der Waals surface area contributed by atoms with E-state index in [-0.39, 0.29) is 18.1 Å². The van der Waals surface area contributed by atoms with Crippen molar-refractivity contribution in [2.24, 2.45) is 46.3 Å². The number of allylic oxidation sites excluding steroid dienone is 2. The van der Waals surface area contributed by atoms with Crippen LogP contribution in [-0.2, 0) is 0 Å². The number of hydrogen-bond donors (Lipinski definition) is 2. The predicted octanol–water partition coefficient (Wildman–Crippen LogP) is 6.53. The lowest BCUT2D eigenvalue weighted by molar-refractivity contribution is -0.0794. The summed E-state index contributed by atoms with van der Waals surface area (Å²) in [5, 5.41) is 20.8. The molecule has 0 aromatic carbocycles. The van der Waals surface area contributed by atoms with Crippen molar-refractivity contribution >= 4 is 0 Å². The van der Waals surface area contributed by atoms with E-state index in [1.165, 1.54) is 56.1 Å². The minimum atomic E-state index is -0.196. The predicted molar refractivity (Wildman–Crippen MR) is 125 cm³/mol. The minimum Gasteiger partial charge on any atom is -0.395 e. The van der Waals surface area contributed by atoms with Crippen LogP contribution in [0.15, 0.2) is 23.8 Å². The van der Waals surface area contributed by atoms with Crippen LogP contribution in [0.1, 0.15) is 91.9 Å². The molecule has 2 N–H and O–H groups in total. The van der Waals surface area contributed by atoms with Gasteiger partial charge in [-0.05, 0) is 105 Å². The Labute approximate surface area is 185 Å². The lowest BCUT2D eigenvalue weighted by atomic mass is 9.46. The van der Waals surface area contributed by atoms with Gasteiger partial charge in [-0.15, -0.1) is 0 Å².